The fourth-order valence-electron chi connectivity index (χ4n) is 4.08. The molecule has 0 atom stereocenters. The van der Waals surface area contributed by atoms with E-state index in [2.05, 4.69) is 43.6 Å². The largest absolute Gasteiger partial charge is 0.360 e. The zero-order valence-electron chi connectivity index (χ0n) is 13.5. The Balaban J connectivity index is 1.83. The van der Waals surface area contributed by atoms with Crippen molar-refractivity contribution in [2.24, 2.45) is 0 Å². The second-order valence-electron chi connectivity index (χ2n) is 7.95. The summed E-state index contributed by atoms with van der Waals surface area (Å²) in [7, 11) is 0. The minimum absolute atomic E-state index is 0.167. The molecule has 3 nitrogen and oxygen atoms in total. The summed E-state index contributed by atoms with van der Waals surface area (Å²) in [5.74, 6) is 0. The summed E-state index contributed by atoms with van der Waals surface area (Å²) in [6.07, 6.45) is 8.83. The summed E-state index contributed by atoms with van der Waals surface area (Å²) in [6, 6.07) is 1.05. The lowest BCUT2D eigenvalue weighted by Gasteiger charge is -2.47. The lowest BCUT2D eigenvalue weighted by atomic mass is 9.80. The third kappa shape index (κ3) is 4.88. The quantitative estimate of drug-likeness (QED) is 0.685. The highest BCUT2D eigenvalue weighted by molar-refractivity contribution is 7.80. The highest BCUT2D eigenvalue weighted by Gasteiger charge is 2.37. The number of piperidine rings is 1. The van der Waals surface area contributed by atoms with E-state index in [0.29, 0.717) is 12.1 Å². The van der Waals surface area contributed by atoms with Crippen LogP contribution in [0.4, 0.5) is 0 Å². The third-order valence-corrected chi connectivity index (χ3v) is 4.70. The van der Waals surface area contributed by atoms with Gasteiger partial charge in [0, 0.05) is 23.2 Å². The van der Waals surface area contributed by atoms with E-state index >= 15 is 0 Å². The molecule has 20 heavy (non-hydrogen) atoms. The van der Waals surface area contributed by atoms with Crippen molar-refractivity contribution >= 4 is 17.3 Å². The molecule has 0 bridgehead atoms. The van der Waals surface area contributed by atoms with Crippen LogP contribution in [0.15, 0.2) is 0 Å². The van der Waals surface area contributed by atoms with Crippen LogP contribution in [0, 0.1) is 0 Å². The number of thiocarbonyl (C=S) groups is 1. The van der Waals surface area contributed by atoms with Crippen molar-refractivity contribution in [3.63, 3.8) is 0 Å². The van der Waals surface area contributed by atoms with Gasteiger partial charge in [-0.25, -0.2) is 0 Å². The highest BCUT2D eigenvalue weighted by Crippen LogP contribution is 2.28. The first-order chi connectivity index (χ1) is 9.26. The Morgan fingerprint density at radius 2 is 1.40 bits per heavy atom. The lowest BCUT2D eigenvalue weighted by molar-refractivity contribution is 0.155. The van der Waals surface area contributed by atoms with E-state index in [-0.39, 0.29) is 11.1 Å². The first kappa shape index (κ1) is 16.0. The molecule has 1 aliphatic heterocycles. The Kier molecular flexibility index (Phi) is 4.96. The molecule has 0 aromatic carbocycles. The first-order valence-corrected chi connectivity index (χ1v) is 8.53. The molecule has 0 radical (unpaired) electrons. The average Bonchev–Trinajstić information content (AvgIpc) is 2.25. The van der Waals surface area contributed by atoms with Crippen molar-refractivity contribution in [3.8, 4) is 0 Å². The molecule has 2 rings (SSSR count). The summed E-state index contributed by atoms with van der Waals surface area (Å²) >= 11 is 5.52. The third-order valence-electron chi connectivity index (χ3n) is 4.47. The molecule has 0 aromatic rings. The van der Waals surface area contributed by atoms with Gasteiger partial charge in [0.1, 0.15) is 0 Å². The lowest BCUT2D eigenvalue weighted by Crippen LogP contribution is -2.63. The van der Waals surface area contributed by atoms with Gasteiger partial charge in [0.15, 0.2) is 5.11 Å². The smallest absolute Gasteiger partial charge is 0.166 e. The van der Waals surface area contributed by atoms with Crippen LogP contribution in [0.25, 0.3) is 0 Å². The molecule has 1 saturated heterocycles. The molecular formula is C16H31N3S. The summed E-state index contributed by atoms with van der Waals surface area (Å²) in [5.41, 5.74) is 0.333. The molecule has 1 aliphatic carbocycles. The van der Waals surface area contributed by atoms with Gasteiger partial charge >= 0.3 is 0 Å². The van der Waals surface area contributed by atoms with Crippen LogP contribution in [0.2, 0.25) is 0 Å². The van der Waals surface area contributed by atoms with Crippen LogP contribution in [0.1, 0.15) is 72.6 Å². The van der Waals surface area contributed by atoms with E-state index < -0.39 is 0 Å². The van der Waals surface area contributed by atoms with Gasteiger partial charge in [0.2, 0.25) is 0 Å². The van der Waals surface area contributed by atoms with Crippen molar-refractivity contribution in [2.45, 2.75) is 95.8 Å². The molecule has 0 amide bonds. The van der Waals surface area contributed by atoms with Gasteiger partial charge in [0.05, 0.1) is 0 Å². The van der Waals surface area contributed by atoms with Gasteiger partial charge in [0.25, 0.3) is 0 Å². The van der Waals surface area contributed by atoms with Gasteiger partial charge in [-0.05, 0) is 65.6 Å². The molecular weight excluding hydrogens is 266 g/mol. The van der Waals surface area contributed by atoms with Gasteiger partial charge in [-0.2, -0.15) is 0 Å². The molecule has 1 saturated carbocycles. The number of hydrogen-bond acceptors (Lipinski definition) is 2. The Morgan fingerprint density at radius 1 is 0.900 bits per heavy atom. The Labute approximate surface area is 129 Å². The van der Waals surface area contributed by atoms with E-state index in [1.165, 1.54) is 32.1 Å². The van der Waals surface area contributed by atoms with Crippen LogP contribution in [0.5, 0.6) is 0 Å². The summed E-state index contributed by atoms with van der Waals surface area (Å²) in [6.45, 7) is 9.11. The second kappa shape index (κ2) is 6.18. The van der Waals surface area contributed by atoms with E-state index in [1.54, 1.807) is 0 Å². The zero-order chi connectivity index (χ0) is 14.8. The van der Waals surface area contributed by atoms with Crippen LogP contribution in [-0.2, 0) is 0 Å². The van der Waals surface area contributed by atoms with Crippen molar-refractivity contribution < 1.29 is 0 Å². The standard InChI is InChI=1S/C16H31N3S/c1-15(2)10-13(11-16(3,4)19-15)18-14(20)17-12-8-6-5-7-9-12/h12-13,19H,5-11H2,1-4H3,(H2,17,18,20). The minimum atomic E-state index is 0.167. The summed E-state index contributed by atoms with van der Waals surface area (Å²) in [5, 5.41) is 11.6. The molecule has 3 N–H and O–H groups in total. The predicted molar refractivity (Wildman–Crippen MR) is 90.1 cm³/mol. The van der Waals surface area contributed by atoms with Gasteiger partial charge in [-0.3, -0.25) is 0 Å². The molecule has 2 aliphatic rings. The van der Waals surface area contributed by atoms with E-state index in [0.717, 1.165) is 18.0 Å². The zero-order valence-corrected chi connectivity index (χ0v) is 14.3. The van der Waals surface area contributed by atoms with Crippen LogP contribution in [0.3, 0.4) is 0 Å². The van der Waals surface area contributed by atoms with Crippen molar-refractivity contribution in [1.29, 1.82) is 0 Å². The van der Waals surface area contributed by atoms with E-state index in [4.69, 9.17) is 12.2 Å². The van der Waals surface area contributed by atoms with E-state index in [1.807, 2.05) is 0 Å². The van der Waals surface area contributed by atoms with E-state index in [9.17, 15) is 0 Å². The molecule has 0 unspecified atom stereocenters. The molecule has 116 valence electrons. The van der Waals surface area contributed by atoms with Crippen LogP contribution >= 0.6 is 12.2 Å². The number of hydrogen-bond donors (Lipinski definition) is 3. The first-order valence-electron chi connectivity index (χ1n) is 8.12. The van der Waals surface area contributed by atoms with Crippen LogP contribution < -0.4 is 16.0 Å². The molecule has 0 spiro atoms. The fraction of sp³-hybridized carbons (Fsp3) is 0.938. The molecule has 0 aromatic heterocycles. The predicted octanol–water partition coefficient (Wildman–Crippen LogP) is 3.09. The Morgan fingerprint density at radius 3 is 1.95 bits per heavy atom. The topological polar surface area (TPSA) is 36.1 Å². The average molecular weight is 298 g/mol. The maximum absolute atomic E-state index is 5.52. The van der Waals surface area contributed by atoms with Gasteiger partial charge in [-0.15, -0.1) is 0 Å². The molecule has 4 heteroatoms. The molecule has 1 heterocycles. The maximum Gasteiger partial charge on any atom is 0.166 e. The number of rotatable bonds is 2. The van der Waals surface area contributed by atoms with Crippen LogP contribution in [-0.4, -0.2) is 28.3 Å². The minimum Gasteiger partial charge on any atom is -0.360 e. The Hall–Kier alpha value is -0.350. The summed E-state index contributed by atoms with van der Waals surface area (Å²) < 4.78 is 0. The SMILES string of the molecule is CC1(C)CC(NC(=S)NC2CCCCC2)CC(C)(C)N1. The maximum atomic E-state index is 5.52. The highest BCUT2D eigenvalue weighted by atomic mass is 32.1. The number of nitrogens with one attached hydrogen (secondary N) is 3. The monoisotopic (exact) mass is 297 g/mol. The second-order valence-corrected chi connectivity index (χ2v) is 8.36. The fourth-order valence-corrected chi connectivity index (χ4v) is 4.42. The molecule has 2 fully saturated rings. The normalized spacial score (nSPS) is 27.0. The van der Waals surface area contributed by atoms with Crippen molar-refractivity contribution in [3.05, 3.63) is 0 Å². The van der Waals surface area contributed by atoms with Crippen molar-refractivity contribution in [1.82, 2.24) is 16.0 Å². The van der Waals surface area contributed by atoms with Gasteiger partial charge in [-0.1, -0.05) is 19.3 Å². The van der Waals surface area contributed by atoms with Crippen molar-refractivity contribution in [2.75, 3.05) is 0 Å². The Bertz CT molecular complexity index is 330. The summed E-state index contributed by atoms with van der Waals surface area (Å²) in [4.78, 5) is 0. The van der Waals surface area contributed by atoms with Gasteiger partial charge < -0.3 is 16.0 Å².